The molecular weight excluding hydrogens is 185 g/mol. The molecule has 68 valence electrons. The molecule has 0 aromatic rings. The zero-order valence-electron chi connectivity index (χ0n) is 7.28. The Hall–Kier alpha value is 0.670. The van der Waals surface area contributed by atoms with Crippen LogP contribution in [0, 0.1) is 0 Å². The van der Waals surface area contributed by atoms with Gasteiger partial charge in [-0.25, -0.2) is 0 Å². The lowest BCUT2D eigenvalue weighted by atomic mass is 10.7. The molecule has 0 saturated carbocycles. The van der Waals surface area contributed by atoms with E-state index in [1.54, 1.807) is 9.80 Å². The van der Waals surface area contributed by atoms with E-state index >= 15 is 0 Å². The van der Waals surface area contributed by atoms with E-state index in [2.05, 4.69) is 0 Å². The maximum atomic E-state index is 12.4. The van der Waals surface area contributed by atoms with E-state index in [-0.39, 0.29) is 6.35 Å². The topological polar surface area (TPSA) is 15.7 Å². The molecule has 3 nitrogen and oxygen atoms in total. The third-order valence-electron chi connectivity index (χ3n) is 1.08. The van der Waals surface area contributed by atoms with Crippen LogP contribution in [0.25, 0.3) is 0 Å². The number of nitrogens with zero attached hydrogens (tertiary/aromatic N) is 2. The van der Waals surface area contributed by atoms with Gasteiger partial charge in [-0.3, -0.25) is 14.3 Å². The van der Waals surface area contributed by atoms with Gasteiger partial charge < -0.3 is 0 Å². The summed E-state index contributed by atoms with van der Waals surface area (Å²) in [6.45, 7) is 0. The van der Waals surface area contributed by atoms with Gasteiger partial charge in [0.05, 0.1) is 0 Å². The lowest BCUT2D eigenvalue weighted by Gasteiger charge is -2.29. The van der Waals surface area contributed by atoms with Gasteiger partial charge in [0.25, 0.3) is 0 Å². The minimum atomic E-state index is -1.87. The Morgan fingerprint density at radius 2 is 1.64 bits per heavy atom. The van der Waals surface area contributed by atoms with E-state index in [1.165, 1.54) is 0 Å². The highest BCUT2D eigenvalue weighted by molar-refractivity contribution is 8.08. The third kappa shape index (κ3) is 5.00. The summed E-state index contributed by atoms with van der Waals surface area (Å²) in [6.07, 6.45) is -0.288. The number of hydrogen-bond donors (Lipinski definition) is 0. The minimum Gasteiger partial charge on any atom is -0.294 e. The van der Waals surface area contributed by atoms with Crippen LogP contribution in [0.4, 0.5) is 4.20 Å². The van der Waals surface area contributed by atoms with Crippen LogP contribution in [0.2, 0.25) is 0 Å². The van der Waals surface area contributed by atoms with Crippen molar-refractivity contribution in [2.75, 3.05) is 28.2 Å². The summed E-state index contributed by atoms with van der Waals surface area (Å²) in [5.41, 5.74) is 0. The highest BCUT2D eigenvalue weighted by Crippen LogP contribution is 2.48. The van der Waals surface area contributed by atoms with E-state index in [0.717, 1.165) is 0 Å². The van der Waals surface area contributed by atoms with E-state index in [9.17, 15) is 4.20 Å². The fraction of sp³-hybridized carbons (Fsp3) is 1.00. The molecule has 0 aromatic heterocycles. The largest absolute Gasteiger partial charge is 0.294 e. The Morgan fingerprint density at radius 1 is 1.27 bits per heavy atom. The highest BCUT2D eigenvalue weighted by atomic mass is 32.0. The van der Waals surface area contributed by atoms with Crippen molar-refractivity contribution in [3.63, 3.8) is 0 Å². The summed E-state index contributed by atoms with van der Waals surface area (Å²) in [5, 5.41) is 0. The first-order valence-electron chi connectivity index (χ1n) is 3.15. The maximum Gasteiger partial charge on any atom is 0.239 e. The molecule has 11 heavy (non-hydrogen) atoms. The molecule has 0 N–H and O–H groups in total. The van der Waals surface area contributed by atoms with Gasteiger partial charge in [-0.2, -0.15) is 4.20 Å². The van der Waals surface area contributed by atoms with Gasteiger partial charge in [-0.05, 0) is 37.1 Å². The zero-order valence-corrected chi connectivity index (χ0v) is 9.33. The van der Waals surface area contributed by atoms with Gasteiger partial charge in [0.2, 0.25) is 8.15 Å². The summed E-state index contributed by atoms with van der Waals surface area (Å²) >= 11 is 0. The van der Waals surface area contributed by atoms with Crippen molar-refractivity contribution in [2.24, 2.45) is 0 Å². The molecule has 0 aliphatic heterocycles. The molecule has 2 unspecified atom stereocenters. The molecule has 0 aliphatic carbocycles. The smallest absolute Gasteiger partial charge is 0.239 e. The molecule has 6 heteroatoms. The summed E-state index contributed by atoms with van der Waals surface area (Å²) in [6, 6.07) is 0. The van der Waals surface area contributed by atoms with Gasteiger partial charge in [-0.1, -0.05) is 0 Å². The fourth-order valence-electron chi connectivity index (χ4n) is 0.741. The Kier molecular flexibility index (Phi) is 5.66. The van der Waals surface area contributed by atoms with E-state index in [1.807, 2.05) is 37.1 Å². The predicted molar refractivity (Wildman–Crippen MR) is 50.0 cm³/mol. The molecule has 2 atom stereocenters. The van der Waals surface area contributed by atoms with Crippen LogP contribution in [0.5, 0.6) is 0 Å². The first kappa shape index (κ1) is 11.7. The average Bonchev–Trinajstić information content (AvgIpc) is 1.81. The van der Waals surface area contributed by atoms with E-state index in [4.69, 9.17) is 4.52 Å². The van der Waals surface area contributed by atoms with Crippen LogP contribution in [-0.4, -0.2) is 44.3 Å². The van der Waals surface area contributed by atoms with Crippen molar-refractivity contribution in [1.29, 1.82) is 0 Å². The Bertz CT molecular complexity index is 105. The molecule has 0 amide bonds. The molecule has 0 spiro atoms. The molecule has 0 fully saturated rings. The Labute approximate surface area is 70.9 Å². The normalized spacial score (nSPS) is 15.0. The molecule has 0 rings (SSSR count). The summed E-state index contributed by atoms with van der Waals surface area (Å²) < 4.78 is 17.4. The second-order valence-corrected chi connectivity index (χ2v) is 4.60. The predicted octanol–water partition coefficient (Wildman–Crippen LogP) is 1.48. The van der Waals surface area contributed by atoms with Gasteiger partial charge in [0, 0.05) is 0 Å². The van der Waals surface area contributed by atoms with Crippen molar-refractivity contribution >= 4 is 17.1 Å². The third-order valence-corrected chi connectivity index (χ3v) is 1.83. The van der Waals surface area contributed by atoms with Crippen LogP contribution in [-0.2, 0) is 4.52 Å². The average molecular weight is 200 g/mol. The highest BCUT2D eigenvalue weighted by Gasteiger charge is 2.17. The van der Waals surface area contributed by atoms with Crippen molar-refractivity contribution in [2.45, 2.75) is 6.35 Å². The van der Waals surface area contributed by atoms with Gasteiger partial charge in [-0.15, -0.1) is 0 Å². The molecule has 0 aliphatic rings. The lowest BCUT2D eigenvalue weighted by molar-refractivity contribution is -0.0374. The van der Waals surface area contributed by atoms with E-state index in [0.29, 0.717) is 0 Å². The lowest BCUT2D eigenvalue weighted by Crippen LogP contribution is -2.41. The molecular formula is C5H15FN2OP2. The SMILES string of the molecule is CN(C)C(OP(F)P)N(C)C. The fourth-order valence-corrected chi connectivity index (χ4v) is 1.62. The standard InChI is InChI=1S/C5H15FN2OP2/c1-7(2)5(8(3)4)9-11(6)10/h5H,10H2,1-4H3. The van der Waals surface area contributed by atoms with Crippen molar-refractivity contribution in [1.82, 2.24) is 9.80 Å². The molecule has 0 aromatic carbocycles. The van der Waals surface area contributed by atoms with Crippen LogP contribution < -0.4 is 0 Å². The van der Waals surface area contributed by atoms with Crippen LogP contribution in [0.1, 0.15) is 0 Å². The Morgan fingerprint density at radius 3 is 1.73 bits per heavy atom. The van der Waals surface area contributed by atoms with Crippen LogP contribution in [0.3, 0.4) is 0 Å². The zero-order chi connectivity index (χ0) is 9.02. The molecule has 0 radical (unpaired) electrons. The van der Waals surface area contributed by atoms with Gasteiger partial charge in [0.15, 0.2) is 6.35 Å². The second-order valence-electron chi connectivity index (χ2n) is 2.63. The summed E-state index contributed by atoms with van der Waals surface area (Å²) in [4.78, 5) is 3.61. The first-order chi connectivity index (χ1) is 4.95. The number of halogens is 1. The van der Waals surface area contributed by atoms with Crippen molar-refractivity contribution in [3.05, 3.63) is 0 Å². The second kappa shape index (κ2) is 5.34. The van der Waals surface area contributed by atoms with Crippen molar-refractivity contribution in [3.8, 4) is 0 Å². The summed E-state index contributed by atoms with van der Waals surface area (Å²) in [5.74, 6) is 0. The summed E-state index contributed by atoms with van der Waals surface area (Å²) in [7, 11) is 7.51. The molecule has 0 heterocycles. The van der Waals surface area contributed by atoms with E-state index < -0.39 is 8.15 Å². The van der Waals surface area contributed by atoms with Crippen LogP contribution >= 0.6 is 17.1 Å². The number of rotatable bonds is 4. The van der Waals surface area contributed by atoms with Crippen molar-refractivity contribution < 1.29 is 8.72 Å². The van der Waals surface area contributed by atoms with Gasteiger partial charge in [0.1, 0.15) is 0 Å². The Balaban J connectivity index is 3.90. The van der Waals surface area contributed by atoms with Gasteiger partial charge >= 0.3 is 0 Å². The van der Waals surface area contributed by atoms with Crippen LogP contribution in [0.15, 0.2) is 0 Å². The monoisotopic (exact) mass is 200 g/mol. The molecule has 0 saturated heterocycles. The number of hydrogen-bond acceptors (Lipinski definition) is 3. The quantitative estimate of drug-likeness (QED) is 0.505. The molecule has 0 bridgehead atoms. The first-order valence-corrected chi connectivity index (χ1v) is 5.92. The maximum absolute atomic E-state index is 12.4. The minimum absolute atomic E-state index is 0.288.